The number of nitrogens with zero attached hydrogens (tertiary/aromatic N) is 3. The van der Waals surface area contributed by atoms with E-state index in [2.05, 4.69) is 21.4 Å². The summed E-state index contributed by atoms with van der Waals surface area (Å²) in [6.45, 7) is 3.14. The van der Waals surface area contributed by atoms with E-state index in [9.17, 15) is 4.79 Å². The van der Waals surface area contributed by atoms with Gasteiger partial charge in [0.25, 0.3) is 5.91 Å². The fourth-order valence-electron chi connectivity index (χ4n) is 3.87. The van der Waals surface area contributed by atoms with Crippen LogP contribution in [0.4, 0.5) is 0 Å². The zero-order valence-electron chi connectivity index (χ0n) is 16.1. The zero-order valence-corrected chi connectivity index (χ0v) is 16.1. The molecule has 1 saturated heterocycles. The van der Waals surface area contributed by atoms with Gasteiger partial charge in [0, 0.05) is 50.1 Å². The van der Waals surface area contributed by atoms with Gasteiger partial charge >= 0.3 is 0 Å². The molecule has 0 radical (unpaired) electrons. The largest absolute Gasteiger partial charge is 0.497 e. The Bertz CT molecular complexity index is 807. The van der Waals surface area contributed by atoms with Crippen LogP contribution in [0.15, 0.2) is 36.8 Å². The lowest BCUT2D eigenvalue weighted by Gasteiger charge is -2.33. The number of amides is 1. The van der Waals surface area contributed by atoms with Gasteiger partial charge in [0.2, 0.25) is 0 Å². The van der Waals surface area contributed by atoms with Crippen molar-refractivity contribution >= 4 is 5.91 Å². The van der Waals surface area contributed by atoms with E-state index in [4.69, 9.17) is 9.47 Å². The Morgan fingerprint density at radius 1 is 1.32 bits per heavy atom. The molecule has 1 atom stereocenters. The molecule has 1 fully saturated rings. The lowest BCUT2D eigenvalue weighted by atomic mass is 9.95. The number of nitrogens with one attached hydrogen (secondary N) is 1. The maximum Gasteiger partial charge on any atom is 0.274 e. The number of methoxy groups -OCH3 is 1. The quantitative estimate of drug-likeness (QED) is 0.852. The topological polar surface area (TPSA) is 76.6 Å². The van der Waals surface area contributed by atoms with Gasteiger partial charge in [-0.15, -0.1) is 0 Å². The molecule has 1 amide bonds. The molecular weight excluding hydrogens is 356 g/mol. The average Bonchev–Trinajstić information content (AvgIpc) is 2.77. The Morgan fingerprint density at radius 3 is 2.93 bits per heavy atom. The molecule has 1 N–H and O–H groups in total. The highest BCUT2D eigenvalue weighted by Gasteiger charge is 2.26. The fourth-order valence-corrected chi connectivity index (χ4v) is 3.87. The number of ether oxygens (including phenoxy) is 2. The second-order valence-electron chi connectivity index (χ2n) is 7.42. The maximum absolute atomic E-state index is 12.5. The highest BCUT2D eigenvalue weighted by Crippen LogP contribution is 2.30. The number of aromatic nitrogens is 2. The third-order valence-corrected chi connectivity index (χ3v) is 5.52. The molecule has 3 heterocycles. The standard InChI is InChI=1S/C21H26N4O3/c1-27-18-3-2-16-10-15(14-28-20(16)11-18)12-24-17-4-8-25(9-5-17)21(26)19-13-22-6-7-23-19/h2-3,6-7,11,13,15,17,24H,4-5,8-10,12,14H2,1H3. The summed E-state index contributed by atoms with van der Waals surface area (Å²) < 4.78 is 11.2. The second kappa shape index (κ2) is 8.56. The summed E-state index contributed by atoms with van der Waals surface area (Å²) >= 11 is 0. The summed E-state index contributed by atoms with van der Waals surface area (Å²) in [6, 6.07) is 6.48. The van der Waals surface area contributed by atoms with Crippen LogP contribution in [-0.2, 0) is 6.42 Å². The third-order valence-electron chi connectivity index (χ3n) is 5.52. The Labute approximate surface area is 165 Å². The first-order valence-corrected chi connectivity index (χ1v) is 9.81. The number of likely N-dealkylation sites (tertiary alicyclic amines) is 1. The normalized spacial score (nSPS) is 19.6. The summed E-state index contributed by atoms with van der Waals surface area (Å²) in [6.07, 6.45) is 7.58. The summed E-state index contributed by atoms with van der Waals surface area (Å²) in [5.41, 5.74) is 1.66. The monoisotopic (exact) mass is 382 g/mol. The van der Waals surface area contributed by atoms with Gasteiger partial charge in [-0.05, 0) is 30.9 Å². The number of hydrogen-bond acceptors (Lipinski definition) is 6. The minimum atomic E-state index is -0.0285. The van der Waals surface area contributed by atoms with Crippen LogP contribution >= 0.6 is 0 Å². The van der Waals surface area contributed by atoms with Crippen LogP contribution < -0.4 is 14.8 Å². The zero-order chi connectivity index (χ0) is 19.3. The molecule has 0 saturated carbocycles. The van der Waals surface area contributed by atoms with Crippen LogP contribution in [-0.4, -0.2) is 60.2 Å². The van der Waals surface area contributed by atoms with Gasteiger partial charge in [0.05, 0.1) is 19.9 Å². The van der Waals surface area contributed by atoms with E-state index >= 15 is 0 Å². The number of piperidine rings is 1. The highest BCUT2D eigenvalue weighted by atomic mass is 16.5. The van der Waals surface area contributed by atoms with Crippen molar-refractivity contribution in [3.05, 3.63) is 48.0 Å². The van der Waals surface area contributed by atoms with Crippen molar-refractivity contribution < 1.29 is 14.3 Å². The van der Waals surface area contributed by atoms with E-state index in [1.54, 1.807) is 19.5 Å². The van der Waals surface area contributed by atoms with E-state index in [-0.39, 0.29) is 5.91 Å². The van der Waals surface area contributed by atoms with Crippen molar-refractivity contribution in [2.75, 3.05) is 33.4 Å². The molecule has 7 nitrogen and oxygen atoms in total. The van der Waals surface area contributed by atoms with Crippen molar-refractivity contribution in [1.82, 2.24) is 20.2 Å². The Kier molecular flexibility index (Phi) is 5.71. The minimum absolute atomic E-state index is 0.0285. The van der Waals surface area contributed by atoms with Crippen LogP contribution in [0.3, 0.4) is 0 Å². The van der Waals surface area contributed by atoms with Crippen LogP contribution in [0.25, 0.3) is 0 Å². The second-order valence-corrected chi connectivity index (χ2v) is 7.42. The van der Waals surface area contributed by atoms with E-state index in [0.717, 1.165) is 57.0 Å². The molecule has 28 heavy (non-hydrogen) atoms. The van der Waals surface area contributed by atoms with E-state index in [1.165, 1.54) is 11.8 Å². The minimum Gasteiger partial charge on any atom is -0.497 e. The molecule has 0 spiro atoms. The molecule has 148 valence electrons. The van der Waals surface area contributed by atoms with Gasteiger partial charge in [-0.2, -0.15) is 0 Å². The van der Waals surface area contributed by atoms with Crippen molar-refractivity contribution in [1.29, 1.82) is 0 Å². The molecule has 2 aliphatic heterocycles. The fraction of sp³-hybridized carbons (Fsp3) is 0.476. The average molecular weight is 382 g/mol. The molecule has 0 bridgehead atoms. The first-order valence-electron chi connectivity index (χ1n) is 9.81. The smallest absolute Gasteiger partial charge is 0.274 e. The predicted molar refractivity (Wildman–Crippen MR) is 105 cm³/mol. The molecule has 1 aromatic carbocycles. The summed E-state index contributed by atoms with van der Waals surface area (Å²) in [4.78, 5) is 22.4. The predicted octanol–water partition coefficient (Wildman–Crippen LogP) is 1.93. The Balaban J connectivity index is 1.23. The van der Waals surface area contributed by atoms with Crippen LogP contribution in [0.2, 0.25) is 0 Å². The van der Waals surface area contributed by atoms with Crippen LogP contribution in [0.5, 0.6) is 11.5 Å². The molecule has 2 aliphatic rings. The Hall–Kier alpha value is -2.67. The summed E-state index contributed by atoms with van der Waals surface area (Å²) in [7, 11) is 1.67. The van der Waals surface area contributed by atoms with Gasteiger partial charge < -0.3 is 19.7 Å². The van der Waals surface area contributed by atoms with Crippen LogP contribution in [0.1, 0.15) is 28.9 Å². The lowest BCUT2D eigenvalue weighted by Crippen LogP contribution is -2.46. The van der Waals surface area contributed by atoms with E-state index < -0.39 is 0 Å². The molecule has 1 aromatic heterocycles. The van der Waals surface area contributed by atoms with Crippen molar-refractivity contribution in [3.63, 3.8) is 0 Å². The van der Waals surface area contributed by atoms with Crippen LogP contribution in [0, 0.1) is 5.92 Å². The van der Waals surface area contributed by atoms with Gasteiger partial charge in [0.1, 0.15) is 17.2 Å². The van der Waals surface area contributed by atoms with Gasteiger partial charge in [-0.1, -0.05) is 6.07 Å². The number of hydrogen-bond donors (Lipinski definition) is 1. The first-order chi connectivity index (χ1) is 13.7. The van der Waals surface area contributed by atoms with E-state index in [1.807, 2.05) is 17.0 Å². The SMILES string of the molecule is COc1ccc2c(c1)OCC(CNC1CCN(C(=O)c3cnccn3)CC1)C2. The third kappa shape index (κ3) is 4.25. The lowest BCUT2D eigenvalue weighted by molar-refractivity contribution is 0.0696. The van der Waals surface area contributed by atoms with Gasteiger partial charge in [-0.3, -0.25) is 9.78 Å². The van der Waals surface area contributed by atoms with Crippen molar-refractivity contribution in [3.8, 4) is 11.5 Å². The first kappa shape index (κ1) is 18.7. The number of fused-ring (bicyclic) bond motifs is 1. The molecule has 4 rings (SSSR count). The Morgan fingerprint density at radius 2 is 2.18 bits per heavy atom. The summed E-state index contributed by atoms with van der Waals surface area (Å²) in [5, 5.41) is 3.67. The van der Waals surface area contributed by atoms with E-state index in [0.29, 0.717) is 17.7 Å². The molecule has 0 aliphatic carbocycles. The van der Waals surface area contributed by atoms with Crippen molar-refractivity contribution in [2.24, 2.45) is 5.92 Å². The van der Waals surface area contributed by atoms with Gasteiger partial charge in [-0.25, -0.2) is 4.98 Å². The number of carbonyl (C=O) groups excluding carboxylic acids is 1. The maximum atomic E-state index is 12.5. The summed E-state index contributed by atoms with van der Waals surface area (Å²) in [5.74, 6) is 2.20. The van der Waals surface area contributed by atoms with Crippen molar-refractivity contribution in [2.45, 2.75) is 25.3 Å². The molecular formula is C21H26N4O3. The highest BCUT2D eigenvalue weighted by molar-refractivity contribution is 5.92. The number of rotatable bonds is 5. The molecule has 2 aromatic rings. The molecule has 1 unspecified atom stereocenters. The number of carbonyl (C=O) groups is 1. The molecule has 7 heteroatoms. The number of benzene rings is 1. The van der Waals surface area contributed by atoms with Gasteiger partial charge in [0.15, 0.2) is 0 Å².